The molecule has 2 aromatic rings. The number of pyridine rings is 1. The lowest BCUT2D eigenvalue weighted by Crippen LogP contribution is -2.19. The SMILES string of the molecule is O=c1ccc(F)cn1Cc1ccc(CO)cc1. The fraction of sp³-hybridized carbons (Fsp3) is 0.154. The molecule has 0 saturated heterocycles. The first kappa shape index (κ1) is 11.5. The number of aliphatic hydroxyl groups excluding tert-OH is 1. The number of hydrogen-bond donors (Lipinski definition) is 1. The average Bonchev–Trinajstić information content (AvgIpc) is 2.35. The van der Waals surface area contributed by atoms with Gasteiger partial charge in [0.15, 0.2) is 0 Å². The molecule has 0 bridgehead atoms. The van der Waals surface area contributed by atoms with Gasteiger partial charge in [0, 0.05) is 12.3 Å². The Morgan fingerprint density at radius 3 is 2.35 bits per heavy atom. The molecule has 1 N–H and O–H groups in total. The topological polar surface area (TPSA) is 42.2 Å². The molecule has 1 heterocycles. The van der Waals surface area contributed by atoms with E-state index in [4.69, 9.17) is 5.11 Å². The minimum Gasteiger partial charge on any atom is -0.392 e. The summed E-state index contributed by atoms with van der Waals surface area (Å²) >= 11 is 0. The number of nitrogens with zero attached hydrogens (tertiary/aromatic N) is 1. The van der Waals surface area contributed by atoms with Gasteiger partial charge in [-0.05, 0) is 17.2 Å². The maximum atomic E-state index is 13.0. The lowest BCUT2D eigenvalue weighted by atomic mass is 10.1. The van der Waals surface area contributed by atoms with Crippen LogP contribution in [0.15, 0.2) is 47.4 Å². The predicted octanol–water partition coefficient (Wildman–Crippen LogP) is 1.53. The number of aliphatic hydroxyl groups is 1. The first-order valence-corrected chi connectivity index (χ1v) is 5.24. The highest BCUT2D eigenvalue weighted by molar-refractivity contribution is 5.22. The van der Waals surface area contributed by atoms with Gasteiger partial charge in [-0.2, -0.15) is 0 Å². The summed E-state index contributed by atoms with van der Waals surface area (Å²) in [5, 5.41) is 8.89. The molecule has 0 fully saturated rings. The minimum atomic E-state index is -0.434. The van der Waals surface area contributed by atoms with Gasteiger partial charge in [-0.15, -0.1) is 0 Å². The third-order valence-electron chi connectivity index (χ3n) is 2.51. The summed E-state index contributed by atoms with van der Waals surface area (Å²) < 4.78 is 14.3. The lowest BCUT2D eigenvalue weighted by molar-refractivity contribution is 0.282. The Kier molecular flexibility index (Phi) is 3.35. The molecular formula is C13H12FNO2. The molecular weight excluding hydrogens is 221 g/mol. The summed E-state index contributed by atoms with van der Waals surface area (Å²) in [5.41, 5.74) is 1.45. The van der Waals surface area contributed by atoms with E-state index < -0.39 is 5.82 Å². The van der Waals surface area contributed by atoms with Gasteiger partial charge in [0.1, 0.15) is 5.82 Å². The second-order valence-corrected chi connectivity index (χ2v) is 3.79. The number of halogens is 1. The first-order chi connectivity index (χ1) is 8.19. The van der Waals surface area contributed by atoms with Crippen molar-refractivity contribution in [2.75, 3.05) is 0 Å². The van der Waals surface area contributed by atoms with Crippen molar-refractivity contribution in [2.24, 2.45) is 0 Å². The number of hydrogen-bond acceptors (Lipinski definition) is 2. The van der Waals surface area contributed by atoms with Crippen LogP contribution >= 0.6 is 0 Å². The van der Waals surface area contributed by atoms with Crippen LogP contribution < -0.4 is 5.56 Å². The summed E-state index contributed by atoms with van der Waals surface area (Å²) in [7, 11) is 0. The van der Waals surface area contributed by atoms with Gasteiger partial charge in [-0.3, -0.25) is 4.79 Å². The second-order valence-electron chi connectivity index (χ2n) is 3.79. The lowest BCUT2D eigenvalue weighted by Gasteiger charge is -2.06. The van der Waals surface area contributed by atoms with E-state index >= 15 is 0 Å². The molecule has 3 nitrogen and oxygen atoms in total. The van der Waals surface area contributed by atoms with Crippen LogP contribution in [0.1, 0.15) is 11.1 Å². The van der Waals surface area contributed by atoms with Gasteiger partial charge in [-0.25, -0.2) is 4.39 Å². The Morgan fingerprint density at radius 1 is 1.06 bits per heavy atom. The number of aromatic nitrogens is 1. The maximum absolute atomic E-state index is 13.0. The van der Waals surface area contributed by atoms with Gasteiger partial charge < -0.3 is 9.67 Å². The zero-order valence-corrected chi connectivity index (χ0v) is 9.14. The van der Waals surface area contributed by atoms with Gasteiger partial charge in [0.2, 0.25) is 0 Å². The van der Waals surface area contributed by atoms with E-state index in [1.54, 1.807) is 12.1 Å². The smallest absolute Gasteiger partial charge is 0.251 e. The molecule has 0 aliphatic rings. The Bertz CT molecular complexity index is 560. The van der Waals surface area contributed by atoms with E-state index in [1.807, 2.05) is 12.1 Å². The largest absolute Gasteiger partial charge is 0.392 e. The zero-order valence-electron chi connectivity index (χ0n) is 9.14. The fourth-order valence-electron chi connectivity index (χ4n) is 1.57. The molecule has 0 atom stereocenters. The van der Waals surface area contributed by atoms with Crippen LogP contribution in [0.2, 0.25) is 0 Å². The van der Waals surface area contributed by atoms with E-state index in [0.717, 1.165) is 17.2 Å². The van der Waals surface area contributed by atoms with Crippen molar-refractivity contribution < 1.29 is 9.50 Å². The summed E-state index contributed by atoms with van der Waals surface area (Å²) in [6, 6.07) is 9.52. The minimum absolute atomic E-state index is 0.0137. The molecule has 0 spiro atoms. The van der Waals surface area contributed by atoms with Crippen molar-refractivity contribution in [3.05, 3.63) is 69.9 Å². The van der Waals surface area contributed by atoms with Gasteiger partial charge in [-0.1, -0.05) is 24.3 Å². The predicted molar refractivity (Wildman–Crippen MR) is 62.1 cm³/mol. The standard InChI is InChI=1S/C13H12FNO2/c14-12-5-6-13(17)15(8-12)7-10-1-3-11(9-16)4-2-10/h1-6,8,16H,7,9H2. The fourth-order valence-corrected chi connectivity index (χ4v) is 1.57. The maximum Gasteiger partial charge on any atom is 0.251 e. The molecule has 1 aromatic heterocycles. The Morgan fingerprint density at radius 2 is 1.71 bits per heavy atom. The Hall–Kier alpha value is -1.94. The van der Waals surface area contributed by atoms with Crippen molar-refractivity contribution >= 4 is 0 Å². The van der Waals surface area contributed by atoms with Crippen LogP contribution in [0.5, 0.6) is 0 Å². The first-order valence-electron chi connectivity index (χ1n) is 5.24. The molecule has 1 aromatic carbocycles. The molecule has 0 saturated carbocycles. The molecule has 0 amide bonds. The molecule has 0 unspecified atom stereocenters. The van der Waals surface area contributed by atoms with Crippen molar-refractivity contribution in [2.45, 2.75) is 13.2 Å². The van der Waals surface area contributed by atoms with Crippen LogP contribution in [0.3, 0.4) is 0 Å². The Balaban J connectivity index is 2.25. The van der Waals surface area contributed by atoms with Gasteiger partial charge in [0.25, 0.3) is 5.56 Å². The molecule has 0 radical (unpaired) electrons. The second kappa shape index (κ2) is 4.93. The normalized spacial score (nSPS) is 10.5. The van der Waals surface area contributed by atoms with Crippen molar-refractivity contribution in [1.82, 2.24) is 4.57 Å². The van der Waals surface area contributed by atoms with Crippen LogP contribution in [0.25, 0.3) is 0 Å². The van der Waals surface area contributed by atoms with Crippen LogP contribution in [-0.4, -0.2) is 9.67 Å². The van der Waals surface area contributed by atoms with Gasteiger partial charge in [0.05, 0.1) is 13.2 Å². The molecule has 17 heavy (non-hydrogen) atoms. The van der Waals surface area contributed by atoms with E-state index in [0.29, 0.717) is 6.54 Å². The number of rotatable bonds is 3. The quantitative estimate of drug-likeness (QED) is 0.873. The summed E-state index contributed by atoms with van der Waals surface area (Å²) in [5.74, 6) is -0.434. The Labute approximate surface area is 97.8 Å². The third kappa shape index (κ3) is 2.79. The van der Waals surface area contributed by atoms with E-state index in [1.165, 1.54) is 16.8 Å². The van der Waals surface area contributed by atoms with Crippen molar-refractivity contribution in [3.63, 3.8) is 0 Å². The number of benzene rings is 1. The molecule has 2 rings (SSSR count). The highest BCUT2D eigenvalue weighted by Crippen LogP contribution is 2.06. The van der Waals surface area contributed by atoms with Crippen LogP contribution in [0, 0.1) is 5.82 Å². The molecule has 0 aliphatic carbocycles. The average molecular weight is 233 g/mol. The zero-order chi connectivity index (χ0) is 12.3. The summed E-state index contributed by atoms with van der Waals surface area (Å²) in [6.07, 6.45) is 1.18. The highest BCUT2D eigenvalue weighted by Gasteiger charge is 2.00. The van der Waals surface area contributed by atoms with Gasteiger partial charge >= 0.3 is 0 Å². The van der Waals surface area contributed by atoms with E-state index in [2.05, 4.69) is 0 Å². The molecule has 88 valence electrons. The summed E-state index contributed by atoms with van der Waals surface area (Å²) in [4.78, 5) is 11.5. The van der Waals surface area contributed by atoms with Crippen LogP contribution in [0.4, 0.5) is 4.39 Å². The highest BCUT2D eigenvalue weighted by atomic mass is 19.1. The molecule has 4 heteroatoms. The van der Waals surface area contributed by atoms with Crippen LogP contribution in [-0.2, 0) is 13.2 Å². The third-order valence-corrected chi connectivity index (χ3v) is 2.51. The van der Waals surface area contributed by atoms with E-state index in [9.17, 15) is 9.18 Å². The monoisotopic (exact) mass is 233 g/mol. The van der Waals surface area contributed by atoms with Crippen molar-refractivity contribution in [3.8, 4) is 0 Å². The summed E-state index contributed by atoms with van der Waals surface area (Å²) in [6.45, 7) is 0.308. The van der Waals surface area contributed by atoms with Crippen molar-refractivity contribution in [1.29, 1.82) is 0 Å². The molecule has 0 aliphatic heterocycles. The van der Waals surface area contributed by atoms with E-state index in [-0.39, 0.29) is 12.2 Å².